The first-order valence-corrected chi connectivity index (χ1v) is 4.94. The molecule has 0 heterocycles. The van der Waals surface area contributed by atoms with Crippen LogP contribution in [0.3, 0.4) is 0 Å². The average Bonchev–Trinajstić information content (AvgIpc) is 2.21. The molecule has 0 aromatic heterocycles. The summed E-state index contributed by atoms with van der Waals surface area (Å²) in [5.41, 5.74) is -0.508. The molecule has 0 aliphatic heterocycles. The largest absolute Gasteiger partial charge is 0.462 e. The Kier molecular flexibility index (Phi) is 4.62. The van der Waals surface area contributed by atoms with Gasteiger partial charge in [0.2, 0.25) is 0 Å². The minimum Gasteiger partial charge on any atom is -0.462 e. The van der Waals surface area contributed by atoms with Crippen LogP contribution in [0.5, 0.6) is 5.75 Å². The second-order valence-electron chi connectivity index (χ2n) is 2.86. The number of carbonyl (C=O) groups excluding carboxylic acids is 1. The van der Waals surface area contributed by atoms with Crippen molar-refractivity contribution in [2.45, 2.75) is 13.5 Å². The third-order valence-electron chi connectivity index (χ3n) is 1.73. The van der Waals surface area contributed by atoms with E-state index in [1.807, 2.05) is 0 Å². The number of ether oxygens (including phenoxy) is 2. The highest BCUT2D eigenvalue weighted by Crippen LogP contribution is 2.29. The summed E-state index contributed by atoms with van der Waals surface area (Å²) in [7, 11) is 0. The van der Waals surface area contributed by atoms with E-state index in [1.165, 1.54) is 6.92 Å². The van der Waals surface area contributed by atoms with Crippen molar-refractivity contribution in [1.82, 2.24) is 0 Å². The van der Waals surface area contributed by atoms with Gasteiger partial charge in [0, 0.05) is 0 Å². The summed E-state index contributed by atoms with van der Waals surface area (Å²) in [5.74, 6) is -2.41. The highest BCUT2D eigenvalue weighted by molar-refractivity contribution is 6.32. The lowest BCUT2D eigenvalue weighted by Crippen LogP contribution is -2.09. The minimum absolute atomic E-state index is 0.0337. The highest BCUT2D eigenvalue weighted by Gasteiger charge is 2.18. The lowest BCUT2D eigenvalue weighted by molar-refractivity contribution is -0.0499. The standard InChI is InChI=1S/C10H8ClF3O3/c1-2-16-9(15)5-3-8(17-10(13)14)6(11)4-7(5)12/h3-4,10H,2H2,1H3. The van der Waals surface area contributed by atoms with E-state index in [9.17, 15) is 18.0 Å². The number of alkyl halides is 2. The van der Waals surface area contributed by atoms with Crippen molar-refractivity contribution >= 4 is 17.6 Å². The summed E-state index contributed by atoms with van der Waals surface area (Å²) in [6, 6.07) is 1.49. The van der Waals surface area contributed by atoms with Crippen LogP contribution >= 0.6 is 11.6 Å². The van der Waals surface area contributed by atoms with Gasteiger partial charge in [0.05, 0.1) is 17.2 Å². The van der Waals surface area contributed by atoms with Crippen molar-refractivity contribution in [2.75, 3.05) is 6.61 Å². The number of esters is 1. The molecule has 17 heavy (non-hydrogen) atoms. The zero-order valence-corrected chi connectivity index (χ0v) is 9.43. The first-order valence-electron chi connectivity index (χ1n) is 4.56. The number of benzene rings is 1. The maximum atomic E-state index is 13.3. The molecule has 1 rings (SSSR count). The molecule has 0 atom stereocenters. The summed E-state index contributed by atoms with van der Waals surface area (Å²) >= 11 is 5.48. The molecule has 3 nitrogen and oxygen atoms in total. The molecule has 7 heteroatoms. The lowest BCUT2D eigenvalue weighted by atomic mass is 10.2. The zero-order valence-electron chi connectivity index (χ0n) is 8.68. The zero-order chi connectivity index (χ0) is 13.0. The molecule has 0 unspecified atom stereocenters. The van der Waals surface area contributed by atoms with Gasteiger partial charge >= 0.3 is 12.6 Å². The van der Waals surface area contributed by atoms with Crippen LogP contribution in [0.1, 0.15) is 17.3 Å². The van der Waals surface area contributed by atoms with Crippen LogP contribution in [0.15, 0.2) is 12.1 Å². The summed E-state index contributed by atoms with van der Waals surface area (Å²) in [6.45, 7) is -1.55. The normalized spacial score (nSPS) is 10.5. The molecular weight excluding hydrogens is 261 g/mol. The van der Waals surface area contributed by atoms with Crippen molar-refractivity contribution in [2.24, 2.45) is 0 Å². The molecule has 0 fully saturated rings. The van der Waals surface area contributed by atoms with Crippen molar-refractivity contribution < 1.29 is 27.4 Å². The Bertz CT molecular complexity index is 424. The minimum atomic E-state index is -3.12. The van der Waals surface area contributed by atoms with Crippen LogP contribution < -0.4 is 4.74 Å². The van der Waals surface area contributed by atoms with Crippen LogP contribution in [0, 0.1) is 5.82 Å². The van der Waals surface area contributed by atoms with Crippen molar-refractivity contribution in [3.63, 3.8) is 0 Å². The van der Waals surface area contributed by atoms with E-state index in [2.05, 4.69) is 9.47 Å². The van der Waals surface area contributed by atoms with Crippen LogP contribution in [0.25, 0.3) is 0 Å². The van der Waals surface area contributed by atoms with Gasteiger partial charge in [-0.1, -0.05) is 11.6 Å². The summed E-state index contributed by atoms with van der Waals surface area (Å²) in [6.07, 6.45) is 0. The van der Waals surface area contributed by atoms with Crippen LogP contribution in [0.2, 0.25) is 5.02 Å². The number of halogens is 4. The van der Waals surface area contributed by atoms with E-state index in [0.29, 0.717) is 6.07 Å². The SMILES string of the molecule is CCOC(=O)c1cc(OC(F)F)c(Cl)cc1F. The summed E-state index contributed by atoms with van der Waals surface area (Å²) in [4.78, 5) is 11.3. The average molecular weight is 269 g/mol. The monoisotopic (exact) mass is 268 g/mol. The smallest absolute Gasteiger partial charge is 0.387 e. The van der Waals surface area contributed by atoms with E-state index in [4.69, 9.17) is 11.6 Å². The number of carbonyl (C=O) groups is 1. The molecule has 0 saturated carbocycles. The Morgan fingerprint density at radius 3 is 2.65 bits per heavy atom. The molecule has 0 aliphatic carbocycles. The first-order chi connectivity index (χ1) is 7.95. The Balaban J connectivity index is 3.09. The third-order valence-corrected chi connectivity index (χ3v) is 2.03. The van der Waals surface area contributed by atoms with Gasteiger partial charge in [-0.3, -0.25) is 0 Å². The molecule has 0 saturated heterocycles. The quantitative estimate of drug-likeness (QED) is 0.786. The summed E-state index contributed by atoms with van der Waals surface area (Å²) in [5, 5.41) is -0.351. The molecule has 1 aromatic carbocycles. The van der Waals surface area contributed by atoms with Gasteiger partial charge in [0.1, 0.15) is 11.6 Å². The van der Waals surface area contributed by atoms with Gasteiger partial charge in [-0.15, -0.1) is 0 Å². The second-order valence-corrected chi connectivity index (χ2v) is 3.27. The van der Waals surface area contributed by atoms with E-state index < -0.39 is 29.7 Å². The Morgan fingerprint density at radius 2 is 2.12 bits per heavy atom. The molecular formula is C10H8ClF3O3. The first kappa shape index (κ1) is 13.6. The third kappa shape index (κ3) is 3.52. The van der Waals surface area contributed by atoms with Crippen LogP contribution in [0.4, 0.5) is 13.2 Å². The fourth-order valence-electron chi connectivity index (χ4n) is 1.08. The Labute approximate surface area is 100 Å². The van der Waals surface area contributed by atoms with Crippen LogP contribution in [-0.4, -0.2) is 19.2 Å². The van der Waals surface area contributed by atoms with E-state index in [-0.39, 0.29) is 11.6 Å². The molecule has 1 aromatic rings. The molecule has 0 N–H and O–H groups in total. The number of rotatable bonds is 4. The molecule has 0 spiro atoms. The summed E-state index contributed by atoms with van der Waals surface area (Å²) < 4.78 is 45.9. The van der Waals surface area contributed by atoms with E-state index >= 15 is 0 Å². The van der Waals surface area contributed by atoms with Crippen LogP contribution in [-0.2, 0) is 4.74 Å². The Hall–Kier alpha value is -1.43. The van der Waals surface area contributed by atoms with Gasteiger partial charge in [-0.05, 0) is 19.1 Å². The number of hydrogen-bond acceptors (Lipinski definition) is 3. The van der Waals surface area contributed by atoms with Gasteiger partial charge in [0.25, 0.3) is 0 Å². The van der Waals surface area contributed by atoms with Gasteiger partial charge < -0.3 is 9.47 Å². The van der Waals surface area contributed by atoms with E-state index in [1.54, 1.807) is 0 Å². The second kappa shape index (κ2) is 5.77. The molecule has 0 bridgehead atoms. The van der Waals surface area contributed by atoms with Gasteiger partial charge in [-0.25, -0.2) is 9.18 Å². The molecule has 0 aliphatic rings. The van der Waals surface area contributed by atoms with Crippen molar-refractivity contribution in [3.05, 3.63) is 28.5 Å². The predicted molar refractivity (Wildman–Crippen MR) is 54.0 cm³/mol. The highest BCUT2D eigenvalue weighted by atomic mass is 35.5. The van der Waals surface area contributed by atoms with Crippen molar-refractivity contribution in [3.8, 4) is 5.75 Å². The topological polar surface area (TPSA) is 35.5 Å². The van der Waals surface area contributed by atoms with Gasteiger partial charge in [-0.2, -0.15) is 8.78 Å². The number of hydrogen-bond donors (Lipinski definition) is 0. The Morgan fingerprint density at radius 1 is 1.47 bits per heavy atom. The maximum Gasteiger partial charge on any atom is 0.387 e. The fraction of sp³-hybridized carbons (Fsp3) is 0.300. The molecule has 0 radical (unpaired) electrons. The fourth-order valence-corrected chi connectivity index (χ4v) is 1.28. The van der Waals surface area contributed by atoms with E-state index in [0.717, 1.165) is 6.07 Å². The molecule has 94 valence electrons. The lowest BCUT2D eigenvalue weighted by Gasteiger charge is -2.09. The molecule has 0 amide bonds. The van der Waals surface area contributed by atoms with Gasteiger partial charge in [0.15, 0.2) is 0 Å². The maximum absolute atomic E-state index is 13.3. The van der Waals surface area contributed by atoms with Crippen molar-refractivity contribution in [1.29, 1.82) is 0 Å². The predicted octanol–water partition coefficient (Wildman–Crippen LogP) is 3.26.